The zero-order valence-corrected chi connectivity index (χ0v) is 13.4. The van der Waals surface area contributed by atoms with Crippen LogP contribution in [0, 0.1) is 0 Å². The van der Waals surface area contributed by atoms with Crippen molar-refractivity contribution in [1.29, 1.82) is 0 Å². The molecule has 2 aromatic carbocycles. The number of rotatable bonds is 3. The Bertz CT molecular complexity index is 733. The first-order valence-corrected chi connectivity index (χ1v) is 7.84. The summed E-state index contributed by atoms with van der Waals surface area (Å²) in [6, 6.07) is 18.6. The molecule has 3 aromatic rings. The summed E-state index contributed by atoms with van der Waals surface area (Å²) in [5, 5.41) is 0. The highest BCUT2D eigenvalue weighted by Gasteiger charge is 2.13. The van der Waals surface area contributed by atoms with Crippen molar-refractivity contribution < 1.29 is 0 Å². The molecular weight excluding hydrogens is 300 g/mol. The zero-order chi connectivity index (χ0) is 14.8. The maximum atomic E-state index is 6.15. The number of hydrogen-bond donors (Lipinski definition) is 0. The Hall–Kier alpha value is -1.84. The second-order valence-corrected chi connectivity index (χ2v) is 6.53. The zero-order valence-electron chi connectivity index (χ0n) is 11.9. The molecule has 1 aromatic heterocycles. The molecule has 0 N–H and O–H groups in total. The molecule has 106 valence electrons. The van der Waals surface area contributed by atoms with Gasteiger partial charge in [-0.05, 0) is 17.7 Å². The molecule has 0 radical (unpaired) electrons. The number of halogens is 1. The average Bonchev–Trinajstić information content (AvgIpc) is 2.90. The van der Waals surface area contributed by atoms with E-state index in [4.69, 9.17) is 11.6 Å². The molecule has 0 aliphatic heterocycles. The van der Waals surface area contributed by atoms with Gasteiger partial charge in [-0.3, -0.25) is 0 Å². The van der Waals surface area contributed by atoms with E-state index in [9.17, 15) is 0 Å². The Morgan fingerprint density at radius 3 is 2.19 bits per heavy atom. The summed E-state index contributed by atoms with van der Waals surface area (Å²) in [6.07, 6.45) is 0. The normalized spacial score (nSPS) is 10.6. The van der Waals surface area contributed by atoms with E-state index in [-0.39, 0.29) is 0 Å². The van der Waals surface area contributed by atoms with Gasteiger partial charge >= 0.3 is 0 Å². The van der Waals surface area contributed by atoms with Gasteiger partial charge in [-0.1, -0.05) is 54.1 Å². The minimum atomic E-state index is 0.570. The predicted molar refractivity (Wildman–Crippen MR) is 92.3 cm³/mol. The van der Waals surface area contributed by atoms with E-state index in [1.54, 1.807) is 0 Å². The van der Waals surface area contributed by atoms with Crippen LogP contribution in [0.2, 0.25) is 4.47 Å². The van der Waals surface area contributed by atoms with Crippen LogP contribution >= 0.6 is 22.9 Å². The SMILES string of the molecule is CN(C)c1ccc(-c2sc(Cl)nc2-c2ccccc2)cc1. The van der Waals surface area contributed by atoms with Crippen molar-refractivity contribution in [2.24, 2.45) is 0 Å². The van der Waals surface area contributed by atoms with Crippen LogP contribution in [-0.4, -0.2) is 19.1 Å². The van der Waals surface area contributed by atoms with Crippen LogP contribution in [0.5, 0.6) is 0 Å². The fraction of sp³-hybridized carbons (Fsp3) is 0.118. The Balaban J connectivity index is 2.07. The van der Waals surface area contributed by atoms with E-state index >= 15 is 0 Å². The Morgan fingerprint density at radius 2 is 1.57 bits per heavy atom. The van der Waals surface area contributed by atoms with Gasteiger partial charge in [0.15, 0.2) is 4.47 Å². The molecule has 0 aliphatic rings. The van der Waals surface area contributed by atoms with Crippen LogP contribution in [0.15, 0.2) is 54.6 Å². The van der Waals surface area contributed by atoms with Crippen molar-refractivity contribution in [3.63, 3.8) is 0 Å². The van der Waals surface area contributed by atoms with Crippen molar-refractivity contribution in [3.8, 4) is 21.7 Å². The summed E-state index contributed by atoms with van der Waals surface area (Å²) in [6.45, 7) is 0. The largest absolute Gasteiger partial charge is 0.378 e. The minimum absolute atomic E-state index is 0.570. The lowest BCUT2D eigenvalue weighted by Crippen LogP contribution is -2.07. The first-order chi connectivity index (χ1) is 10.1. The average molecular weight is 315 g/mol. The predicted octanol–water partition coefficient (Wildman–Crippen LogP) is 5.20. The molecule has 21 heavy (non-hydrogen) atoms. The summed E-state index contributed by atoms with van der Waals surface area (Å²) in [5.74, 6) is 0. The van der Waals surface area contributed by atoms with Crippen molar-refractivity contribution in [2.75, 3.05) is 19.0 Å². The molecule has 0 saturated heterocycles. The third-order valence-electron chi connectivity index (χ3n) is 3.29. The summed E-state index contributed by atoms with van der Waals surface area (Å²) in [5.41, 5.74) is 4.36. The standard InChI is InChI=1S/C17H15ClN2S/c1-20(2)14-10-8-13(9-11-14)16-15(19-17(18)21-16)12-6-4-3-5-7-12/h3-11H,1-2H3. The van der Waals surface area contributed by atoms with E-state index in [0.29, 0.717) is 4.47 Å². The number of aromatic nitrogens is 1. The highest BCUT2D eigenvalue weighted by molar-refractivity contribution is 7.19. The van der Waals surface area contributed by atoms with Gasteiger partial charge in [0.05, 0.1) is 10.6 Å². The maximum Gasteiger partial charge on any atom is 0.184 e. The maximum absolute atomic E-state index is 6.15. The Kier molecular flexibility index (Phi) is 3.95. The molecule has 0 fully saturated rings. The van der Waals surface area contributed by atoms with E-state index in [2.05, 4.69) is 46.3 Å². The summed E-state index contributed by atoms with van der Waals surface area (Å²) < 4.78 is 0.570. The lowest BCUT2D eigenvalue weighted by molar-refractivity contribution is 1.13. The van der Waals surface area contributed by atoms with Crippen molar-refractivity contribution in [1.82, 2.24) is 4.98 Å². The van der Waals surface area contributed by atoms with E-state index in [1.165, 1.54) is 17.0 Å². The quantitative estimate of drug-likeness (QED) is 0.661. The van der Waals surface area contributed by atoms with Crippen molar-refractivity contribution in [3.05, 3.63) is 59.1 Å². The monoisotopic (exact) mass is 314 g/mol. The number of benzene rings is 2. The third kappa shape index (κ3) is 2.94. The van der Waals surface area contributed by atoms with E-state index in [1.807, 2.05) is 32.3 Å². The van der Waals surface area contributed by atoms with Crippen LogP contribution in [-0.2, 0) is 0 Å². The molecule has 4 heteroatoms. The number of thiazole rings is 1. The fourth-order valence-corrected chi connectivity index (χ4v) is 3.33. The minimum Gasteiger partial charge on any atom is -0.378 e. The van der Waals surface area contributed by atoms with Crippen LogP contribution in [0.3, 0.4) is 0 Å². The molecule has 3 rings (SSSR count). The second-order valence-electron chi connectivity index (χ2n) is 4.95. The lowest BCUT2D eigenvalue weighted by Gasteiger charge is -2.12. The van der Waals surface area contributed by atoms with Gasteiger partial charge in [0.2, 0.25) is 0 Å². The molecule has 0 unspecified atom stereocenters. The molecule has 2 nitrogen and oxygen atoms in total. The molecule has 0 saturated carbocycles. The van der Waals surface area contributed by atoms with Crippen LogP contribution in [0.25, 0.3) is 21.7 Å². The van der Waals surface area contributed by atoms with Crippen molar-refractivity contribution >= 4 is 28.6 Å². The topological polar surface area (TPSA) is 16.1 Å². The molecule has 0 atom stereocenters. The van der Waals surface area contributed by atoms with Gasteiger partial charge in [0.1, 0.15) is 0 Å². The van der Waals surface area contributed by atoms with Gasteiger partial charge < -0.3 is 4.90 Å². The highest BCUT2D eigenvalue weighted by atomic mass is 35.5. The summed E-state index contributed by atoms with van der Waals surface area (Å²) >= 11 is 7.66. The molecular formula is C17H15ClN2S. The van der Waals surface area contributed by atoms with Crippen molar-refractivity contribution in [2.45, 2.75) is 0 Å². The van der Waals surface area contributed by atoms with E-state index in [0.717, 1.165) is 21.7 Å². The number of anilines is 1. The first kappa shape index (κ1) is 14.1. The lowest BCUT2D eigenvalue weighted by atomic mass is 10.1. The van der Waals surface area contributed by atoms with Crippen LogP contribution in [0.4, 0.5) is 5.69 Å². The molecule has 0 spiro atoms. The van der Waals surface area contributed by atoms with Crippen LogP contribution < -0.4 is 4.90 Å². The van der Waals surface area contributed by atoms with Crippen LogP contribution in [0.1, 0.15) is 0 Å². The Labute approximate surface area is 133 Å². The number of hydrogen-bond acceptors (Lipinski definition) is 3. The molecule has 0 bridgehead atoms. The summed E-state index contributed by atoms with van der Waals surface area (Å²) in [7, 11) is 4.07. The molecule has 0 aliphatic carbocycles. The second kappa shape index (κ2) is 5.88. The molecule has 1 heterocycles. The molecule has 0 amide bonds. The van der Waals surface area contributed by atoms with Gasteiger partial charge in [-0.2, -0.15) is 0 Å². The Morgan fingerprint density at radius 1 is 0.905 bits per heavy atom. The first-order valence-electron chi connectivity index (χ1n) is 6.64. The van der Waals surface area contributed by atoms with Gasteiger partial charge in [0.25, 0.3) is 0 Å². The smallest absolute Gasteiger partial charge is 0.184 e. The third-order valence-corrected chi connectivity index (χ3v) is 4.50. The van der Waals surface area contributed by atoms with E-state index < -0.39 is 0 Å². The van der Waals surface area contributed by atoms with Gasteiger partial charge in [-0.25, -0.2) is 4.98 Å². The fourth-order valence-electron chi connectivity index (χ4n) is 2.19. The summed E-state index contributed by atoms with van der Waals surface area (Å²) in [4.78, 5) is 7.68. The highest BCUT2D eigenvalue weighted by Crippen LogP contribution is 2.38. The number of nitrogens with zero attached hydrogens (tertiary/aromatic N) is 2. The van der Waals surface area contributed by atoms with Gasteiger partial charge in [0, 0.05) is 25.3 Å². The van der Waals surface area contributed by atoms with Gasteiger partial charge in [-0.15, -0.1) is 11.3 Å².